The van der Waals surface area contributed by atoms with Crippen molar-refractivity contribution in [3.63, 3.8) is 0 Å². The molecule has 0 radical (unpaired) electrons. The van der Waals surface area contributed by atoms with E-state index in [1.165, 1.54) is 18.2 Å². The Bertz CT molecular complexity index is 990. The molecule has 0 aliphatic carbocycles. The van der Waals surface area contributed by atoms with Crippen LogP contribution >= 0.6 is 0 Å². The predicted octanol–water partition coefficient (Wildman–Crippen LogP) is 3.92. The van der Waals surface area contributed by atoms with Gasteiger partial charge in [-0.05, 0) is 43.5 Å². The van der Waals surface area contributed by atoms with Crippen molar-refractivity contribution in [3.05, 3.63) is 54.1 Å². The summed E-state index contributed by atoms with van der Waals surface area (Å²) in [6.07, 6.45) is -2.39. The van der Waals surface area contributed by atoms with Crippen molar-refractivity contribution in [2.24, 2.45) is 0 Å². The van der Waals surface area contributed by atoms with Crippen LogP contribution in [-0.2, 0) is 15.8 Å². The number of fused-ring (bicyclic) bond motifs is 1. The Kier molecular flexibility index (Phi) is 6.25. The number of carbonyl (C=O) groups excluding carboxylic acids is 2. The predicted molar refractivity (Wildman–Crippen MR) is 114 cm³/mol. The first-order valence-corrected chi connectivity index (χ1v) is 10.6. The Balaban J connectivity index is 1.51. The summed E-state index contributed by atoms with van der Waals surface area (Å²) in [6, 6.07) is 11.9. The number of alkyl halides is 3. The lowest BCUT2D eigenvalue weighted by Gasteiger charge is -2.38. The van der Waals surface area contributed by atoms with Crippen molar-refractivity contribution in [2.75, 3.05) is 36.4 Å². The summed E-state index contributed by atoms with van der Waals surface area (Å²) in [7, 11) is 0. The van der Waals surface area contributed by atoms with Crippen molar-refractivity contribution in [2.45, 2.75) is 31.5 Å². The number of carbonyl (C=O) groups is 2. The van der Waals surface area contributed by atoms with E-state index in [1.54, 1.807) is 34.1 Å². The first kappa shape index (κ1) is 22.0. The number of nitrogens with zero attached hydrogens (tertiary/aromatic N) is 2. The number of likely N-dealkylation sites (tertiary alicyclic amines) is 1. The summed E-state index contributed by atoms with van der Waals surface area (Å²) in [4.78, 5) is 29.1. The molecule has 1 fully saturated rings. The molecule has 1 atom stereocenters. The summed E-state index contributed by atoms with van der Waals surface area (Å²) >= 11 is 0. The van der Waals surface area contributed by atoms with E-state index in [0.29, 0.717) is 24.5 Å². The minimum absolute atomic E-state index is 0.132. The van der Waals surface area contributed by atoms with Gasteiger partial charge in [-0.1, -0.05) is 24.3 Å². The van der Waals surface area contributed by atoms with Crippen molar-refractivity contribution in [1.82, 2.24) is 4.90 Å². The van der Waals surface area contributed by atoms with E-state index in [0.717, 1.165) is 25.3 Å². The number of nitrogens with one attached hydrogen (secondary N) is 1. The lowest BCUT2D eigenvalue weighted by molar-refractivity contribution is -0.139. The molecule has 0 bridgehead atoms. The van der Waals surface area contributed by atoms with Crippen LogP contribution in [-0.4, -0.2) is 49.0 Å². The fourth-order valence-electron chi connectivity index (χ4n) is 4.11. The molecule has 170 valence electrons. The van der Waals surface area contributed by atoms with Crippen molar-refractivity contribution in [1.29, 1.82) is 0 Å². The Labute approximate surface area is 183 Å². The maximum atomic E-state index is 13.3. The second-order valence-electron chi connectivity index (χ2n) is 7.93. The number of hydrogen-bond acceptors (Lipinski definition) is 4. The van der Waals surface area contributed by atoms with Crippen LogP contribution in [0.15, 0.2) is 48.5 Å². The van der Waals surface area contributed by atoms with E-state index in [-0.39, 0.29) is 24.7 Å². The van der Waals surface area contributed by atoms with E-state index in [9.17, 15) is 22.8 Å². The minimum Gasteiger partial charge on any atom is -0.477 e. The summed E-state index contributed by atoms with van der Waals surface area (Å²) in [5.41, 5.74) is -0.587. The number of ether oxygens (including phenoxy) is 1. The fourth-order valence-corrected chi connectivity index (χ4v) is 4.11. The molecule has 2 heterocycles. The third kappa shape index (κ3) is 4.81. The van der Waals surface area contributed by atoms with Gasteiger partial charge in [0.25, 0.3) is 5.91 Å². The second-order valence-corrected chi connectivity index (χ2v) is 7.93. The smallest absolute Gasteiger partial charge is 0.418 e. The molecule has 4 rings (SSSR count). The van der Waals surface area contributed by atoms with Crippen LogP contribution in [0, 0.1) is 0 Å². The highest BCUT2D eigenvalue weighted by atomic mass is 19.4. The largest absolute Gasteiger partial charge is 0.477 e. The second kappa shape index (κ2) is 9.10. The molecule has 2 aromatic carbocycles. The summed E-state index contributed by atoms with van der Waals surface area (Å²) in [6.45, 7) is 1.28. The number of benzene rings is 2. The minimum atomic E-state index is -4.58. The van der Waals surface area contributed by atoms with E-state index < -0.39 is 23.8 Å². The van der Waals surface area contributed by atoms with Crippen LogP contribution in [0.4, 0.5) is 24.5 Å². The lowest BCUT2D eigenvalue weighted by atomic mass is 10.1. The zero-order chi connectivity index (χ0) is 22.7. The molecule has 9 heteroatoms. The molecule has 6 nitrogen and oxygen atoms in total. The molecule has 32 heavy (non-hydrogen) atoms. The number of para-hydroxylation sites is 3. The average molecular weight is 447 g/mol. The maximum absolute atomic E-state index is 13.3. The van der Waals surface area contributed by atoms with Gasteiger partial charge in [0.1, 0.15) is 5.75 Å². The number of halogens is 3. The van der Waals surface area contributed by atoms with Crippen LogP contribution in [0.2, 0.25) is 0 Å². The van der Waals surface area contributed by atoms with Crippen LogP contribution < -0.4 is 15.0 Å². The molecule has 1 N–H and O–H groups in total. The van der Waals surface area contributed by atoms with Gasteiger partial charge in [0.2, 0.25) is 5.91 Å². The SMILES string of the molecule is O=C(CN1C[C@@H](C(=O)N2CCCCC2)Oc2ccccc21)Nc1ccccc1C(F)(F)F. The van der Waals surface area contributed by atoms with Gasteiger partial charge in [-0.25, -0.2) is 0 Å². The molecule has 2 amide bonds. The Morgan fingerprint density at radius 1 is 1.00 bits per heavy atom. The normalized spacial score (nSPS) is 18.5. The first-order valence-electron chi connectivity index (χ1n) is 10.6. The Hall–Kier alpha value is -3.23. The monoisotopic (exact) mass is 447 g/mol. The molecular formula is C23H24F3N3O3. The third-order valence-corrected chi connectivity index (χ3v) is 5.65. The molecule has 0 unspecified atom stereocenters. The van der Waals surface area contributed by atoms with Crippen molar-refractivity contribution in [3.8, 4) is 5.75 Å². The fraction of sp³-hybridized carbons (Fsp3) is 0.391. The number of anilines is 2. The van der Waals surface area contributed by atoms with Crippen LogP contribution in [0.3, 0.4) is 0 Å². The van der Waals surface area contributed by atoms with Crippen molar-refractivity contribution >= 4 is 23.2 Å². The maximum Gasteiger partial charge on any atom is 0.418 e. The van der Waals surface area contributed by atoms with Gasteiger partial charge in [0.15, 0.2) is 6.10 Å². The molecular weight excluding hydrogens is 423 g/mol. The topological polar surface area (TPSA) is 61.9 Å². The standard InChI is InChI=1S/C23H24F3N3O3/c24-23(25,26)16-8-2-3-9-17(16)27-21(30)15-29-14-20(22(31)28-12-6-1-7-13-28)32-19-11-5-4-10-18(19)29/h2-5,8-11,20H,1,6-7,12-15H2,(H,27,30)/t20-/m0/s1. The molecule has 0 spiro atoms. The third-order valence-electron chi connectivity index (χ3n) is 5.65. The van der Waals surface area contributed by atoms with Gasteiger partial charge in [0.05, 0.1) is 30.0 Å². The molecule has 2 aliphatic rings. The Morgan fingerprint density at radius 3 is 2.44 bits per heavy atom. The van der Waals surface area contributed by atoms with E-state index in [2.05, 4.69) is 5.32 Å². The summed E-state index contributed by atoms with van der Waals surface area (Å²) < 4.78 is 45.7. The van der Waals surface area contributed by atoms with E-state index in [1.807, 2.05) is 0 Å². The highest BCUT2D eigenvalue weighted by molar-refractivity contribution is 5.95. The lowest BCUT2D eigenvalue weighted by Crippen LogP contribution is -2.52. The summed E-state index contributed by atoms with van der Waals surface area (Å²) in [5, 5.41) is 2.37. The van der Waals surface area contributed by atoms with Crippen molar-refractivity contribution < 1.29 is 27.5 Å². The number of rotatable bonds is 4. The zero-order valence-electron chi connectivity index (χ0n) is 17.4. The van der Waals surface area contributed by atoms with Crippen LogP contribution in [0.1, 0.15) is 24.8 Å². The highest BCUT2D eigenvalue weighted by Gasteiger charge is 2.36. The average Bonchev–Trinajstić information content (AvgIpc) is 2.78. The molecule has 1 saturated heterocycles. The number of amides is 2. The van der Waals surface area contributed by atoms with Gasteiger partial charge < -0.3 is 19.9 Å². The number of piperidine rings is 1. The molecule has 0 saturated carbocycles. The first-order chi connectivity index (χ1) is 15.3. The van der Waals surface area contributed by atoms with E-state index in [4.69, 9.17) is 4.74 Å². The summed E-state index contributed by atoms with van der Waals surface area (Å²) in [5.74, 6) is -0.271. The van der Waals surface area contributed by atoms with Gasteiger partial charge in [0, 0.05) is 13.1 Å². The van der Waals surface area contributed by atoms with Crippen LogP contribution in [0.5, 0.6) is 5.75 Å². The van der Waals surface area contributed by atoms with Crippen LogP contribution in [0.25, 0.3) is 0 Å². The van der Waals surface area contributed by atoms with E-state index >= 15 is 0 Å². The highest BCUT2D eigenvalue weighted by Crippen LogP contribution is 2.36. The van der Waals surface area contributed by atoms with Gasteiger partial charge in [-0.3, -0.25) is 9.59 Å². The van der Waals surface area contributed by atoms with Gasteiger partial charge >= 0.3 is 6.18 Å². The number of hydrogen-bond donors (Lipinski definition) is 1. The molecule has 0 aromatic heterocycles. The molecule has 2 aliphatic heterocycles. The zero-order valence-corrected chi connectivity index (χ0v) is 17.4. The van der Waals surface area contributed by atoms with Gasteiger partial charge in [-0.2, -0.15) is 13.2 Å². The quantitative estimate of drug-likeness (QED) is 0.772. The molecule has 2 aromatic rings. The Morgan fingerprint density at radius 2 is 1.69 bits per heavy atom. The van der Waals surface area contributed by atoms with Gasteiger partial charge in [-0.15, -0.1) is 0 Å².